The van der Waals surface area contributed by atoms with Crippen molar-refractivity contribution in [2.45, 2.75) is 6.92 Å². The molecule has 0 bridgehead atoms. The van der Waals surface area contributed by atoms with Gasteiger partial charge in [0, 0.05) is 30.1 Å². The summed E-state index contributed by atoms with van der Waals surface area (Å²) in [5.74, 6) is -0.733. The summed E-state index contributed by atoms with van der Waals surface area (Å²) in [4.78, 5) is 38.9. The summed E-state index contributed by atoms with van der Waals surface area (Å²) in [6.07, 6.45) is 1.63. The molecule has 0 atom stereocenters. The Labute approximate surface area is 202 Å². The van der Waals surface area contributed by atoms with Crippen LogP contribution in [0.3, 0.4) is 0 Å². The van der Waals surface area contributed by atoms with Crippen LogP contribution in [0.4, 0.5) is 5.69 Å². The van der Waals surface area contributed by atoms with Crippen molar-refractivity contribution < 1.29 is 28.6 Å². The van der Waals surface area contributed by atoms with Crippen LogP contribution < -0.4 is 10.1 Å². The number of anilines is 1. The normalized spacial score (nSPS) is 14.5. The van der Waals surface area contributed by atoms with Crippen molar-refractivity contribution >= 4 is 41.1 Å². The number of carbonyl (C=O) groups is 3. The first kappa shape index (κ1) is 25.0. The molecule has 0 saturated heterocycles. The number of rotatable bonds is 9. The largest absolute Gasteiger partial charge is 0.484 e. The van der Waals surface area contributed by atoms with E-state index in [0.29, 0.717) is 40.9 Å². The van der Waals surface area contributed by atoms with E-state index in [4.69, 9.17) is 25.8 Å². The number of hydrogen-bond acceptors (Lipinski definition) is 6. The van der Waals surface area contributed by atoms with Crippen molar-refractivity contribution in [3.63, 3.8) is 0 Å². The predicted octanol–water partition coefficient (Wildman–Crippen LogP) is 3.68. The second-order valence-corrected chi connectivity index (χ2v) is 7.81. The number of halogens is 1. The van der Waals surface area contributed by atoms with Gasteiger partial charge in [-0.05, 0) is 48.9 Å². The number of ether oxygens (including phenoxy) is 3. The lowest BCUT2D eigenvalue weighted by Crippen LogP contribution is -2.28. The molecule has 0 aliphatic carbocycles. The minimum Gasteiger partial charge on any atom is -0.484 e. The zero-order valence-electron chi connectivity index (χ0n) is 19.1. The van der Waals surface area contributed by atoms with E-state index in [0.717, 1.165) is 0 Å². The monoisotopic (exact) mass is 484 g/mol. The Morgan fingerprint density at radius 2 is 1.85 bits per heavy atom. The van der Waals surface area contributed by atoms with Gasteiger partial charge < -0.3 is 24.4 Å². The topological polar surface area (TPSA) is 94.2 Å². The average Bonchev–Trinajstić information content (AvgIpc) is 3.05. The van der Waals surface area contributed by atoms with Crippen molar-refractivity contribution in [2.75, 3.05) is 39.3 Å². The van der Waals surface area contributed by atoms with Crippen LogP contribution in [0.1, 0.15) is 12.5 Å². The number of carbonyl (C=O) groups excluding carboxylic acids is 3. The molecule has 1 aliphatic rings. The summed E-state index contributed by atoms with van der Waals surface area (Å²) < 4.78 is 15.5. The van der Waals surface area contributed by atoms with E-state index < -0.39 is 5.97 Å². The lowest BCUT2D eigenvalue weighted by Gasteiger charge is -2.16. The van der Waals surface area contributed by atoms with Crippen LogP contribution in [0, 0.1) is 0 Å². The predicted molar refractivity (Wildman–Crippen MR) is 128 cm³/mol. The van der Waals surface area contributed by atoms with Crippen LogP contribution in [0.15, 0.2) is 65.4 Å². The molecule has 2 aromatic rings. The van der Waals surface area contributed by atoms with E-state index in [1.807, 2.05) is 0 Å². The van der Waals surface area contributed by atoms with Gasteiger partial charge in [-0.3, -0.25) is 9.59 Å². The second-order valence-electron chi connectivity index (χ2n) is 7.38. The lowest BCUT2D eigenvalue weighted by atomic mass is 10.0. The van der Waals surface area contributed by atoms with Crippen molar-refractivity contribution in [1.29, 1.82) is 0 Å². The molecule has 8 nitrogen and oxygen atoms in total. The second kappa shape index (κ2) is 11.5. The fourth-order valence-electron chi connectivity index (χ4n) is 3.42. The molecule has 0 fully saturated rings. The van der Waals surface area contributed by atoms with Gasteiger partial charge in [0.1, 0.15) is 5.75 Å². The van der Waals surface area contributed by atoms with E-state index >= 15 is 0 Å². The van der Waals surface area contributed by atoms with Gasteiger partial charge in [0.2, 0.25) is 0 Å². The Balaban J connectivity index is 1.69. The van der Waals surface area contributed by atoms with Gasteiger partial charge in [-0.25, -0.2) is 4.79 Å². The first-order valence-corrected chi connectivity index (χ1v) is 10.8. The van der Waals surface area contributed by atoms with Gasteiger partial charge in [-0.15, -0.1) is 0 Å². The summed E-state index contributed by atoms with van der Waals surface area (Å²) in [7, 11) is 2.82. The quantitative estimate of drug-likeness (QED) is 0.431. The van der Waals surface area contributed by atoms with Crippen molar-refractivity contribution in [2.24, 2.45) is 0 Å². The molecule has 1 aliphatic heterocycles. The standard InChI is InChI=1S/C25H25ClN2O6/c1-16-23(25(31)33-3)21(24(30)28(16)11-12-32-2)13-17-7-9-20(10-8-17)34-15-22(29)27-19-6-4-5-18(26)14-19/h4-10,13-14H,11-12,15H2,1-3H3,(H,27,29)/b21-13-. The molecule has 0 aromatic heterocycles. The third-order valence-corrected chi connectivity index (χ3v) is 5.32. The van der Waals surface area contributed by atoms with Crippen LogP contribution >= 0.6 is 11.6 Å². The number of nitrogens with zero attached hydrogens (tertiary/aromatic N) is 1. The fourth-order valence-corrected chi connectivity index (χ4v) is 3.61. The summed E-state index contributed by atoms with van der Waals surface area (Å²) in [6.45, 7) is 2.17. The third kappa shape index (κ3) is 6.03. The SMILES string of the molecule is COCCN1C(=O)/C(=C\c2ccc(OCC(=O)Nc3cccc(Cl)c3)cc2)C(C(=O)OC)=C1C. The molecule has 178 valence electrons. The minimum atomic E-state index is -0.581. The van der Waals surface area contributed by atoms with E-state index in [2.05, 4.69) is 5.32 Å². The maximum absolute atomic E-state index is 12.9. The van der Waals surface area contributed by atoms with Gasteiger partial charge in [-0.2, -0.15) is 0 Å². The smallest absolute Gasteiger partial charge is 0.340 e. The van der Waals surface area contributed by atoms with Crippen molar-refractivity contribution in [1.82, 2.24) is 4.90 Å². The van der Waals surface area contributed by atoms with Crippen LogP contribution in [0.25, 0.3) is 6.08 Å². The van der Waals surface area contributed by atoms with E-state index in [1.54, 1.807) is 68.6 Å². The van der Waals surface area contributed by atoms with Crippen LogP contribution in [0.2, 0.25) is 5.02 Å². The summed E-state index contributed by atoms with van der Waals surface area (Å²) in [5, 5.41) is 3.22. The molecule has 3 rings (SSSR count). The van der Waals surface area contributed by atoms with Crippen LogP contribution in [-0.2, 0) is 23.9 Å². The minimum absolute atomic E-state index is 0.186. The van der Waals surface area contributed by atoms with Gasteiger partial charge in [0.15, 0.2) is 6.61 Å². The molecule has 0 radical (unpaired) electrons. The molecule has 0 unspecified atom stereocenters. The van der Waals surface area contributed by atoms with Crippen molar-refractivity contribution in [3.05, 3.63) is 76.0 Å². The van der Waals surface area contributed by atoms with Gasteiger partial charge >= 0.3 is 5.97 Å². The number of hydrogen-bond donors (Lipinski definition) is 1. The molecule has 34 heavy (non-hydrogen) atoms. The van der Waals surface area contributed by atoms with Crippen molar-refractivity contribution in [3.8, 4) is 5.75 Å². The Hall–Kier alpha value is -3.62. The number of nitrogens with one attached hydrogen (secondary N) is 1. The number of esters is 1. The molecule has 0 spiro atoms. The maximum atomic E-state index is 12.9. The van der Waals surface area contributed by atoms with Gasteiger partial charge in [0.05, 0.1) is 24.9 Å². The molecule has 2 aromatic carbocycles. The Morgan fingerprint density at radius 1 is 1.12 bits per heavy atom. The Morgan fingerprint density at radius 3 is 2.50 bits per heavy atom. The van der Waals surface area contributed by atoms with E-state index in [1.165, 1.54) is 12.0 Å². The van der Waals surface area contributed by atoms with Gasteiger partial charge in [0.25, 0.3) is 11.8 Å². The number of amides is 2. The average molecular weight is 485 g/mol. The number of methoxy groups -OCH3 is 2. The van der Waals surface area contributed by atoms with Gasteiger partial charge in [-0.1, -0.05) is 29.8 Å². The fraction of sp³-hybridized carbons (Fsp3) is 0.240. The molecule has 1 heterocycles. The van der Waals surface area contributed by atoms with E-state index in [9.17, 15) is 14.4 Å². The third-order valence-electron chi connectivity index (χ3n) is 5.09. The lowest BCUT2D eigenvalue weighted by molar-refractivity contribution is -0.136. The summed E-state index contributed by atoms with van der Waals surface area (Å²) in [5.41, 5.74) is 2.25. The highest BCUT2D eigenvalue weighted by Gasteiger charge is 2.36. The highest BCUT2D eigenvalue weighted by molar-refractivity contribution is 6.30. The summed E-state index contributed by atoms with van der Waals surface area (Å²) >= 11 is 5.91. The molecular weight excluding hydrogens is 460 g/mol. The zero-order chi connectivity index (χ0) is 24.7. The highest BCUT2D eigenvalue weighted by atomic mass is 35.5. The molecular formula is C25H25ClN2O6. The molecule has 9 heteroatoms. The molecule has 1 N–H and O–H groups in total. The first-order chi connectivity index (χ1) is 16.3. The zero-order valence-corrected chi connectivity index (χ0v) is 19.8. The Kier molecular flexibility index (Phi) is 8.45. The van der Waals surface area contributed by atoms with E-state index in [-0.39, 0.29) is 29.6 Å². The highest BCUT2D eigenvalue weighted by Crippen LogP contribution is 2.31. The molecule has 0 saturated carbocycles. The number of benzene rings is 2. The first-order valence-electron chi connectivity index (χ1n) is 10.4. The Bertz CT molecular complexity index is 1140. The summed E-state index contributed by atoms with van der Waals surface area (Å²) in [6, 6.07) is 13.6. The molecule has 2 amide bonds. The number of allylic oxidation sites excluding steroid dienone is 1. The van der Waals surface area contributed by atoms with Crippen LogP contribution in [-0.4, -0.2) is 56.7 Å². The van der Waals surface area contributed by atoms with Crippen LogP contribution in [0.5, 0.6) is 5.75 Å². The maximum Gasteiger partial charge on any atom is 0.340 e.